The van der Waals surface area contributed by atoms with Crippen molar-refractivity contribution in [3.8, 4) is 0 Å². The van der Waals surface area contributed by atoms with E-state index < -0.39 is 0 Å². The molecule has 0 unspecified atom stereocenters. The van der Waals surface area contributed by atoms with Gasteiger partial charge in [-0.3, -0.25) is 0 Å². The fourth-order valence-electron chi connectivity index (χ4n) is 1.18. The average Bonchev–Trinajstić information content (AvgIpc) is 2.49. The maximum atomic E-state index is 4.13. The Hall–Kier alpha value is -1.03. The van der Waals surface area contributed by atoms with Gasteiger partial charge in [0.25, 0.3) is 0 Å². The van der Waals surface area contributed by atoms with Crippen LogP contribution in [0.1, 0.15) is 25.3 Å². The maximum Gasteiger partial charge on any atom is 0.195 e. The quantitative estimate of drug-likeness (QED) is 0.673. The predicted octanol–water partition coefficient (Wildman–Crippen LogP) is 2.21. The van der Waals surface area contributed by atoms with Crippen LogP contribution in [0.15, 0.2) is 11.6 Å². The highest BCUT2D eigenvalue weighted by atomic mass is 32.1. The van der Waals surface area contributed by atoms with Gasteiger partial charge in [0, 0.05) is 10.8 Å². The van der Waals surface area contributed by atoms with Crippen LogP contribution in [-0.4, -0.2) is 14.6 Å². The molecule has 0 spiro atoms. The van der Waals surface area contributed by atoms with Gasteiger partial charge in [-0.1, -0.05) is 13.8 Å². The highest BCUT2D eigenvalue weighted by molar-refractivity contribution is 7.04. The van der Waals surface area contributed by atoms with Crippen molar-refractivity contribution in [1.82, 2.24) is 14.6 Å². The minimum absolute atomic E-state index is 0.486. The molecule has 0 saturated heterocycles. The van der Waals surface area contributed by atoms with Crippen LogP contribution in [0, 0.1) is 0 Å². The molecule has 0 radical (unpaired) electrons. The van der Waals surface area contributed by atoms with Crippen molar-refractivity contribution >= 4 is 22.6 Å². The molecule has 2 heterocycles. The Labute approximate surface area is 74.6 Å². The standard InChI is InChI=1S/C8H9N3S/c1-5(2)6-3-9-10-8-7(6)4-12-11-8/h3-5H,1-2H3. The summed E-state index contributed by atoms with van der Waals surface area (Å²) in [6.45, 7) is 4.29. The Bertz CT molecular complexity index is 394. The SMILES string of the molecule is CC(C)c1cnnc2nscc12. The van der Waals surface area contributed by atoms with Gasteiger partial charge in [0.15, 0.2) is 5.65 Å². The van der Waals surface area contributed by atoms with E-state index in [0.717, 1.165) is 11.0 Å². The van der Waals surface area contributed by atoms with Crippen molar-refractivity contribution in [2.24, 2.45) is 0 Å². The zero-order chi connectivity index (χ0) is 8.55. The molecule has 0 bridgehead atoms. The van der Waals surface area contributed by atoms with E-state index in [1.165, 1.54) is 17.1 Å². The average molecular weight is 179 g/mol. The second kappa shape index (κ2) is 2.79. The summed E-state index contributed by atoms with van der Waals surface area (Å²) in [5.41, 5.74) is 2.00. The van der Waals surface area contributed by atoms with E-state index in [4.69, 9.17) is 0 Å². The minimum Gasteiger partial charge on any atom is -0.170 e. The van der Waals surface area contributed by atoms with E-state index >= 15 is 0 Å². The molecule has 0 aliphatic carbocycles. The molecule has 0 fully saturated rings. The number of nitrogens with zero attached hydrogens (tertiary/aromatic N) is 3. The fraction of sp³-hybridized carbons (Fsp3) is 0.375. The summed E-state index contributed by atoms with van der Waals surface area (Å²) in [7, 11) is 0. The Morgan fingerprint density at radius 3 is 3.00 bits per heavy atom. The number of rotatable bonds is 1. The normalized spacial score (nSPS) is 11.2. The van der Waals surface area contributed by atoms with Gasteiger partial charge < -0.3 is 0 Å². The molecule has 12 heavy (non-hydrogen) atoms. The first-order valence-corrected chi connectivity index (χ1v) is 4.68. The van der Waals surface area contributed by atoms with Crippen LogP contribution in [-0.2, 0) is 0 Å². The molecule has 0 aliphatic heterocycles. The lowest BCUT2D eigenvalue weighted by molar-refractivity contribution is 0.857. The monoisotopic (exact) mass is 179 g/mol. The molecule has 2 aromatic rings. The molecule has 4 heteroatoms. The van der Waals surface area contributed by atoms with Crippen molar-refractivity contribution in [1.29, 1.82) is 0 Å². The van der Waals surface area contributed by atoms with Gasteiger partial charge >= 0.3 is 0 Å². The first-order valence-electron chi connectivity index (χ1n) is 3.84. The third kappa shape index (κ3) is 1.08. The highest BCUT2D eigenvalue weighted by Crippen LogP contribution is 2.23. The largest absolute Gasteiger partial charge is 0.195 e. The smallest absolute Gasteiger partial charge is 0.170 e. The second-order valence-corrected chi connectivity index (χ2v) is 3.64. The predicted molar refractivity (Wildman–Crippen MR) is 49.3 cm³/mol. The summed E-state index contributed by atoms with van der Waals surface area (Å²) in [6, 6.07) is 0. The summed E-state index contributed by atoms with van der Waals surface area (Å²) in [5.74, 6) is 0.486. The highest BCUT2D eigenvalue weighted by Gasteiger charge is 2.07. The van der Waals surface area contributed by atoms with Crippen molar-refractivity contribution in [3.63, 3.8) is 0 Å². The van der Waals surface area contributed by atoms with Crippen LogP contribution in [0.5, 0.6) is 0 Å². The molecule has 0 aliphatic rings. The summed E-state index contributed by atoms with van der Waals surface area (Å²) in [6.07, 6.45) is 1.82. The van der Waals surface area contributed by atoms with E-state index in [0.29, 0.717) is 5.92 Å². The van der Waals surface area contributed by atoms with E-state index in [1.807, 2.05) is 11.6 Å². The van der Waals surface area contributed by atoms with Gasteiger partial charge in [-0.25, -0.2) is 0 Å². The van der Waals surface area contributed by atoms with Crippen molar-refractivity contribution in [3.05, 3.63) is 17.1 Å². The Kier molecular flexibility index (Phi) is 1.77. The van der Waals surface area contributed by atoms with Gasteiger partial charge in [0.2, 0.25) is 0 Å². The lowest BCUT2D eigenvalue weighted by Gasteiger charge is -2.03. The number of fused-ring (bicyclic) bond motifs is 1. The summed E-state index contributed by atoms with van der Waals surface area (Å²) in [4.78, 5) is 0. The molecule has 0 amide bonds. The summed E-state index contributed by atoms with van der Waals surface area (Å²) < 4.78 is 4.13. The van der Waals surface area contributed by atoms with Crippen molar-refractivity contribution < 1.29 is 0 Å². The first-order chi connectivity index (χ1) is 5.79. The molecule has 3 nitrogen and oxygen atoms in total. The third-order valence-corrected chi connectivity index (χ3v) is 2.45. The Morgan fingerprint density at radius 1 is 1.42 bits per heavy atom. The van der Waals surface area contributed by atoms with Crippen LogP contribution in [0.3, 0.4) is 0 Å². The zero-order valence-electron chi connectivity index (χ0n) is 6.98. The van der Waals surface area contributed by atoms with Crippen LogP contribution in [0.2, 0.25) is 0 Å². The molecule has 2 aromatic heterocycles. The van der Waals surface area contributed by atoms with E-state index in [2.05, 4.69) is 28.4 Å². The maximum absolute atomic E-state index is 4.13. The summed E-state index contributed by atoms with van der Waals surface area (Å²) >= 11 is 1.43. The number of hydrogen-bond acceptors (Lipinski definition) is 4. The molecule has 62 valence electrons. The Balaban J connectivity index is 2.73. The van der Waals surface area contributed by atoms with Gasteiger partial charge in [-0.05, 0) is 23.0 Å². The van der Waals surface area contributed by atoms with Crippen LogP contribution >= 0.6 is 11.5 Å². The van der Waals surface area contributed by atoms with Gasteiger partial charge in [-0.15, -0.1) is 5.10 Å². The van der Waals surface area contributed by atoms with E-state index in [9.17, 15) is 0 Å². The lowest BCUT2D eigenvalue weighted by Crippen LogP contribution is -1.92. The molecule has 0 N–H and O–H groups in total. The van der Waals surface area contributed by atoms with E-state index in [1.54, 1.807) is 0 Å². The van der Waals surface area contributed by atoms with Gasteiger partial charge in [0.05, 0.1) is 6.20 Å². The molecular weight excluding hydrogens is 170 g/mol. The second-order valence-electron chi connectivity index (χ2n) is 3.01. The summed E-state index contributed by atoms with van der Waals surface area (Å²) in [5, 5.41) is 11.0. The molecule has 0 atom stereocenters. The van der Waals surface area contributed by atoms with Crippen LogP contribution in [0.25, 0.3) is 11.0 Å². The van der Waals surface area contributed by atoms with Crippen LogP contribution in [0.4, 0.5) is 0 Å². The molecule has 0 aromatic carbocycles. The zero-order valence-corrected chi connectivity index (χ0v) is 7.80. The number of aromatic nitrogens is 3. The molecule has 2 rings (SSSR count). The number of hydrogen-bond donors (Lipinski definition) is 0. The molecule has 0 saturated carbocycles. The topological polar surface area (TPSA) is 38.7 Å². The first kappa shape index (κ1) is 7.61. The van der Waals surface area contributed by atoms with E-state index in [-0.39, 0.29) is 0 Å². The van der Waals surface area contributed by atoms with Crippen LogP contribution < -0.4 is 0 Å². The van der Waals surface area contributed by atoms with Gasteiger partial charge in [0.1, 0.15) is 0 Å². The fourth-order valence-corrected chi connectivity index (χ4v) is 1.81. The third-order valence-electron chi connectivity index (χ3n) is 1.83. The van der Waals surface area contributed by atoms with Gasteiger partial charge in [-0.2, -0.15) is 9.47 Å². The minimum atomic E-state index is 0.486. The van der Waals surface area contributed by atoms with Crippen molar-refractivity contribution in [2.45, 2.75) is 19.8 Å². The lowest BCUT2D eigenvalue weighted by atomic mass is 10.0. The molecular formula is C8H9N3S. The van der Waals surface area contributed by atoms with Crippen molar-refractivity contribution in [2.75, 3.05) is 0 Å². The Morgan fingerprint density at radius 2 is 2.25 bits per heavy atom.